The molecule has 0 atom stereocenters. The molecule has 0 aliphatic rings. The quantitative estimate of drug-likeness (QED) is 0.617. The maximum absolute atomic E-state index is 13.1. The molecule has 0 radical (unpaired) electrons. The normalized spacial score (nSPS) is 10.6. The highest BCUT2D eigenvalue weighted by Gasteiger charge is 2.20. The smallest absolute Gasteiger partial charge is 0.278 e. The van der Waals surface area contributed by atoms with E-state index in [9.17, 15) is 9.59 Å². The van der Waals surface area contributed by atoms with Gasteiger partial charge in [-0.05, 0) is 56.2 Å². The highest BCUT2D eigenvalue weighted by molar-refractivity contribution is 6.05. The van der Waals surface area contributed by atoms with Crippen LogP contribution in [0.1, 0.15) is 28.5 Å². The van der Waals surface area contributed by atoms with Crippen molar-refractivity contribution in [1.82, 2.24) is 9.78 Å². The van der Waals surface area contributed by atoms with Crippen LogP contribution in [0.2, 0.25) is 0 Å². The number of carbonyl (C=O) groups is 1. The number of rotatable bonds is 7. The lowest BCUT2D eigenvalue weighted by Crippen LogP contribution is -2.34. The summed E-state index contributed by atoms with van der Waals surface area (Å²) in [7, 11) is 0. The van der Waals surface area contributed by atoms with E-state index in [1.54, 1.807) is 4.90 Å². The Kier molecular flexibility index (Phi) is 6.44. The van der Waals surface area contributed by atoms with E-state index in [1.807, 2.05) is 69.3 Å². The third-order valence-electron chi connectivity index (χ3n) is 4.62. The van der Waals surface area contributed by atoms with Crippen LogP contribution in [-0.4, -0.2) is 28.8 Å². The predicted molar refractivity (Wildman–Crippen MR) is 114 cm³/mol. The summed E-state index contributed by atoms with van der Waals surface area (Å²) in [5.41, 5.74) is 2.90. The summed E-state index contributed by atoms with van der Waals surface area (Å²) in [6, 6.07) is 18.2. The van der Waals surface area contributed by atoms with Crippen LogP contribution in [0.15, 0.2) is 65.5 Å². The van der Waals surface area contributed by atoms with Gasteiger partial charge in [0.25, 0.3) is 11.5 Å². The predicted octanol–water partition coefficient (Wildman–Crippen LogP) is 3.61. The Morgan fingerprint density at radius 3 is 2.55 bits per heavy atom. The zero-order chi connectivity index (χ0) is 20.8. The molecule has 3 aromatic rings. The van der Waals surface area contributed by atoms with E-state index in [0.29, 0.717) is 6.54 Å². The Balaban J connectivity index is 1.79. The lowest BCUT2D eigenvalue weighted by Gasteiger charge is -2.23. The van der Waals surface area contributed by atoms with E-state index >= 15 is 0 Å². The highest BCUT2D eigenvalue weighted by Crippen LogP contribution is 2.22. The Bertz CT molecular complexity index is 1040. The first-order valence-electron chi connectivity index (χ1n) is 9.64. The van der Waals surface area contributed by atoms with E-state index in [0.717, 1.165) is 22.6 Å². The zero-order valence-electron chi connectivity index (χ0n) is 17.0. The molecule has 1 aromatic heterocycles. The van der Waals surface area contributed by atoms with Gasteiger partial charge in [0.15, 0.2) is 0 Å². The Labute approximate surface area is 170 Å². The summed E-state index contributed by atoms with van der Waals surface area (Å²) in [4.78, 5) is 27.0. The number of hydrogen-bond acceptors (Lipinski definition) is 4. The first-order chi connectivity index (χ1) is 14.0. The molecule has 0 fully saturated rings. The van der Waals surface area contributed by atoms with Gasteiger partial charge in [-0.2, -0.15) is 5.10 Å². The van der Waals surface area contributed by atoms with Crippen molar-refractivity contribution in [1.29, 1.82) is 0 Å². The third-order valence-corrected chi connectivity index (χ3v) is 4.62. The van der Waals surface area contributed by atoms with E-state index in [-0.39, 0.29) is 30.3 Å². The van der Waals surface area contributed by atoms with Gasteiger partial charge in [0.05, 0.1) is 6.54 Å². The van der Waals surface area contributed by atoms with Gasteiger partial charge in [-0.25, -0.2) is 4.68 Å². The molecular weight excluding hydrogens is 366 g/mol. The van der Waals surface area contributed by atoms with Crippen LogP contribution in [0.4, 0.5) is 5.69 Å². The molecule has 0 aliphatic heterocycles. The SMILES string of the molecule is CCN(C(=O)c1ccc(=O)n(CCOc2ccccc2)n1)c1cc(C)ccc1C. The van der Waals surface area contributed by atoms with Crippen LogP contribution in [0.5, 0.6) is 5.75 Å². The van der Waals surface area contributed by atoms with Gasteiger partial charge >= 0.3 is 0 Å². The number of para-hydroxylation sites is 1. The summed E-state index contributed by atoms with van der Waals surface area (Å²) < 4.78 is 6.91. The Morgan fingerprint density at radius 1 is 1.07 bits per heavy atom. The van der Waals surface area contributed by atoms with E-state index < -0.39 is 0 Å². The van der Waals surface area contributed by atoms with Crippen molar-refractivity contribution in [3.8, 4) is 5.75 Å². The number of ether oxygens (including phenoxy) is 1. The first-order valence-corrected chi connectivity index (χ1v) is 9.64. The second kappa shape index (κ2) is 9.19. The maximum Gasteiger partial charge on any atom is 0.278 e. The zero-order valence-corrected chi connectivity index (χ0v) is 17.0. The Hall–Kier alpha value is -3.41. The molecule has 6 nitrogen and oxygen atoms in total. The van der Waals surface area contributed by atoms with Crippen LogP contribution in [0, 0.1) is 13.8 Å². The average molecular weight is 391 g/mol. The first kappa shape index (κ1) is 20.3. The van der Waals surface area contributed by atoms with Crippen molar-refractivity contribution in [2.45, 2.75) is 27.3 Å². The fourth-order valence-corrected chi connectivity index (χ4v) is 3.06. The topological polar surface area (TPSA) is 64.4 Å². The second-order valence-corrected chi connectivity index (χ2v) is 6.78. The standard InChI is InChI=1S/C23H25N3O3/c1-4-25(21-16-17(2)10-11-18(21)3)23(28)20-12-13-22(27)26(24-20)14-15-29-19-8-6-5-7-9-19/h5-13,16H,4,14-15H2,1-3H3. The molecule has 0 saturated carbocycles. The van der Waals surface area contributed by atoms with Gasteiger partial charge in [-0.3, -0.25) is 9.59 Å². The molecule has 29 heavy (non-hydrogen) atoms. The van der Waals surface area contributed by atoms with Crippen molar-refractivity contribution in [2.24, 2.45) is 0 Å². The van der Waals surface area contributed by atoms with Gasteiger partial charge in [-0.15, -0.1) is 0 Å². The molecule has 0 bridgehead atoms. The summed E-state index contributed by atoms with van der Waals surface area (Å²) >= 11 is 0. The fraction of sp³-hybridized carbons (Fsp3) is 0.261. The fourth-order valence-electron chi connectivity index (χ4n) is 3.06. The average Bonchev–Trinajstić information content (AvgIpc) is 2.73. The van der Waals surface area contributed by atoms with Crippen LogP contribution in [0.25, 0.3) is 0 Å². The van der Waals surface area contributed by atoms with Gasteiger partial charge in [0.1, 0.15) is 18.1 Å². The van der Waals surface area contributed by atoms with Gasteiger partial charge in [0, 0.05) is 18.3 Å². The summed E-state index contributed by atoms with van der Waals surface area (Å²) in [6.45, 7) is 6.92. The molecule has 150 valence electrons. The number of anilines is 1. The van der Waals surface area contributed by atoms with Crippen molar-refractivity contribution in [3.05, 3.63) is 87.8 Å². The molecular formula is C23H25N3O3. The van der Waals surface area contributed by atoms with Crippen LogP contribution >= 0.6 is 0 Å². The largest absolute Gasteiger partial charge is 0.492 e. The molecule has 6 heteroatoms. The number of carbonyl (C=O) groups excluding carboxylic acids is 1. The molecule has 1 amide bonds. The number of nitrogens with zero attached hydrogens (tertiary/aromatic N) is 3. The third kappa shape index (κ3) is 4.90. The highest BCUT2D eigenvalue weighted by atomic mass is 16.5. The number of hydrogen-bond donors (Lipinski definition) is 0. The monoisotopic (exact) mass is 391 g/mol. The molecule has 0 unspecified atom stereocenters. The molecule has 0 spiro atoms. The summed E-state index contributed by atoms with van der Waals surface area (Å²) in [6.07, 6.45) is 0. The van der Waals surface area contributed by atoms with Crippen LogP contribution in [0.3, 0.4) is 0 Å². The molecule has 1 heterocycles. The lowest BCUT2D eigenvalue weighted by molar-refractivity contribution is 0.0980. The minimum atomic E-state index is -0.270. The molecule has 0 saturated heterocycles. The lowest BCUT2D eigenvalue weighted by atomic mass is 10.1. The molecule has 3 rings (SSSR count). The van der Waals surface area contributed by atoms with Gasteiger partial charge < -0.3 is 9.64 Å². The van der Waals surface area contributed by atoms with Crippen molar-refractivity contribution < 1.29 is 9.53 Å². The van der Waals surface area contributed by atoms with E-state index in [2.05, 4.69) is 5.10 Å². The molecule has 2 aromatic carbocycles. The summed E-state index contributed by atoms with van der Waals surface area (Å²) in [5, 5.41) is 4.28. The van der Waals surface area contributed by atoms with Crippen LogP contribution in [-0.2, 0) is 6.54 Å². The number of benzene rings is 2. The van der Waals surface area contributed by atoms with Gasteiger partial charge in [-0.1, -0.05) is 30.3 Å². The number of amides is 1. The van der Waals surface area contributed by atoms with E-state index in [4.69, 9.17) is 4.74 Å². The maximum atomic E-state index is 13.1. The number of aromatic nitrogens is 2. The Morgan fingerprint density at radius 2 is 1.83 bits per heavy atom. The minimum Gasteiger partial charge on any atom is -0.492 e. The van der Waals surface area contributed by atoms with Gasteiger partial charge in [0.2, 0.25) is 0 Å². The van der Waals surface area contributed by atoms with Crippen molar-refractivity contribution in [3.63, 3.8) is 0 Å². The number of aryl methyl sites for hydroxylation is 2. The van der Waals surface area contributed by atoms with Crippen molar-refractivity contribution in [2.75, 3.05) is 18.1 Å². The van der Waals surface area contributed by atoms with E-state index in [1.165, 1.54) is 16.8 Å². The molecule has 0 N–H and O–H groups in total. The van der Waals surface area contributed by atoms with Crippen molar-refractivity contribution >= 4 is 11.6 Å². The minimum absolute atomic E-state index is 0.229. The second-order valence-electron chi connectivity index (χ2n) is 6.78. The van der Waals surface area contributed by atoms with Crippen LogP contribution < -0.4 is 15.2 Å². The molecule has 0 aliphatic carbocycles. The summed E-state index contributed by atoms with van der Waals surface area (Å²) in [5.74, 6) is 0.485.